The Bertz CT molecular complexity index is 197. The third-order valence-electron chi connectivity index (χ3n) is 2.96. The van der Waals surface area contributed by atoms with Gasteiger partial charge >= 0.3 is 0 Å². The number of nitrogens with one attached hydrogen (secondary N) is 2. The minimum atomic E-state index is 0.352. The van der Waals surface area contributed by atoms with Gasteiger partial charge in [0.15, 0.2) is 0 Å². The average Bonchev–Trinajstić information content (AvgIpc) is 2.26. The normalized spacial score (nSPS) is 22.6. The Morgan fingerprint density at radius 3 is 2.53 bits per heavy atom. The zero-order valence-corrected chi connectivity index (χ0v) is 11.8. The van der Waals surface area contributed by atoms with Crippen LogP contribution in [-0.2, 0) is 4.74 Å². The molecule has 0 aromatic heterocycles. The van der Waals surface area contributed by atoms with Crippen molar-refractivity contribution in [1.29, 1.82) is 0 Å². The van der Waals surface area contributed by atoms with Crippen LogP contribution in [0.4, 0.5) is 0 Å². The van der Waals surface area contributed by atoms with Gasteiger partial charge in [-0.2, -0.15) is 0 Å². The zero-order valence-electron chi connectivity index (χ0n) is 11.8. The van der Waals surface area contributed by atoms with E-state index in [0.29, 0.717) is 18.2 Å². The van der Waals surface area contributed by atoms with E-state index in [-0.39, 0.29) is 0 Å². The van der Waals surface area contributed by atoms with Crippen molar-refractivity contribution in [3.8, 4) is 0 Å². The maximum absolute atomic E-state index is 5.76. The molecule has 0 spiro atoms. The lowest BCUT2D eigenvalue weighted by atomic mass is 10.2. The molecule has 0 aromatic carbocycles. The lowest BCUT2D eigenvalue weighted by molar-refractivity contribution is -0.0273. The molecular weight excluding hydrogens is 214 g/mol. The molecule has 1 heterocycles. The lowest BCUT2D eigenvalue weighted by Crippen LogP contribution is -2.49. The third-order valence-corrected chi connectivity index (χ3v) is 2.96. The fraction of sp³-hybridized carbons (Fsp3) is 1.00. The van der Waals surface area contributed by atoms with Crippen molar-refractivity contribution >= 4 is 0 Å². The van der Waals surface area contributed by atoms with E-state index in [4.69, 9.17) is 4.74 Å². The average molecular weight is 243 g/mol. The van der Waals surface area contributed by atoms with E-state index >= 15 is 0 Å². The molecular formula is C13H29N3O. The first-order chi connectivity index (χ1) is 8.08. The van der Waals surface area contributed by atoms with Crippen LogP contribution >= 0.6 is 0 Å². The molecule has 102 valence electrons. The lowest BCUT2D eigenvalue weighted by Gasteiger charge is -2.33. The van der Waals surface area contributed by atoms with Crippen LogP contribution in [0, 0.1) is 0 Å². The van der Waals surface area contributed by atoms with E-state index in [9.17, 15) is 0 Å². The summed E-state index contributed by atoms with van der Waals surface area (Å²) in [5, 5.41) is 6.90. The van der Waals surface area contributed by atoms with Gasteiger partial charge in [0.25, 0.3) is 0 Å². The van der Waals surface area contributed by atoms with Crippen molar-refractivity contribution < 1.29 is 4.74 Å². The molecule has 1 atom stereocenters. The minimum Gasteiger partial charge on any atom is -0.374 e. The Hall–Kier alpha value is -0.160. The fourth-order valence-electron chi connectivity index (χ4n) is 1.99. The van der Waals surface area contributed by atoms with Gasteiger partial charge in [-0.1, -0.05) is 27.7 Å². The molecule has 1 aliphatic rings. The van der Waals surface area contributed by atoms with Crippen molar-refractivity contribution in [1.82, 2.24) is 15.5 Å². The number of hydrogen-bond donors (Lipinski definition) is 2. The summed E-state index contributed by atoms with van der Waals surface area (Å²) in [4.78, 5) is 2.49. The van der Waals surface area contributed by atoms with Crippen LogP contribution in [0.3, 0.4) is 0 Å². The van der Waals surface area contributed by atoms with Crippen molar-refractivity contribution in [2.45, 2.75) is 45.9 Å². The molecule has 0 aliphatic carbocycles. The molecule has 1 rings (SSSR count). The van der Waals surface area contributed by atoms with Crippen LogP contribution in [-0.4, -0.2) is 62.4 Å². The molecule has 0 radical (unpaired) electrons. The highest BCUT2D eigenvalue weighted by atomic mass is 16.5. The highest BCUT2D eigenvalue weighted by molar-refractivity contribution is 4.74. The summed E-state index contributed by atoms with van der Waals surface area (Å²) < 4.78 is 5.76. The molecule has 1 fully saturated rings. The predicted molar refractivity (Wildman–Crippen MR) is 72.5 cm³/mol. The topological polar surface area (TPSA) is 36.5 Å². The Labute approximate surface area is 106 Å². The SMILES string of the molecule is CC(C)NCCN1CCOC(CNC(C)C)C1. The van der Waals surface area contributed by atoms with Gasteiger partial charge < -0.3 is 15.4 Å². The standard InChI is InChI=1S/C13H29N3O/c1-11(2)14-5-6-16-7-8-17-13(10-16)9-15-12(3)4/h11-15H,5-10H2,1-4H3. The number of hydrogen-bond acceptors (Lipinski definition) is 4. The fourth-order valence-corrected chi connectivity index (χ4v) is 1.99. The van der Waals surface area contributed by atoms with E-state index in [2.05, 4.69) is 43.2 Å². The molecule has 1 saturated heterocycles. The Morgan fingerprint density at radius 1 is 1.18 bits per heavy atom. The molecule has 4 heteroatoms. The summed E-state index contributed by atoms with van der Waals surface area (Å²) in [5.41, 5.74) is 0. The van der Waals surface area contributed by atoms with Crippen molar-refractivity contribution in [3.05, 3.63) is 0 Å². The molecule has 2 N–H and O–H groups in total. The smallest absolute Gasteiger partial charge is 0.0826 e. The second-order valence-corrected chi connectivity index (χ2v) is 5.47. The highest BCUT2D eigenvalue weighted by Crippen LogP contribution is 2.04. The molecule has 0 aromatic rings. The monoisotopic (exact) mass is 243 g/mol. The number of nitrogens with zero attached hydrogens (tertiary/aromatic N) is 1. The van der Waals surface area contributed by atoms with Crippen molar-refractivity contribution in [2.24, 2.45) is 0 Å². The maximum atomic E-state index is 5.76. The number of ether oxygens (including phenoxy) is 1. The van der Waals surface area contributed by atoms with Crippen LogP contribution in [0.15, 0.2) is 0 Å². The van der Waals surface area contributed by atoms with Crippen LogP contribution in [0.25, 0.3) is 0 Å². The van der Waals surface area contributed by atoms with Gasteiger partial charge in [-0.15, -0.1) is 0 Å². The first-order valence-corrected chi connectivity index (χ1v) is 6.88. The molecule has 0 amide bonds. The van der Waals surface area contributed by atoms with Crippen molar-refractivity contribution in [3.63, 3.8) is 0 Å². The van der Waals surface area contributed by atoms with Crippen LogP contribution in [0.2, 0.25) is 0 Å². The molecule has 0 bridgehead atoms. The second kappa shape index (κ2) is 8.03. The summed E-state index contributed by atoms with van der Waals surface area (Å²) in [6, 6.07) is 1.12. The predicted octanol–water partition coefficient (Wildman–Crippen LogP) is 0.683. The Balaban J connectivity index is 2.14. The maximum Gasteiger partial charge on any atom is 0.0826 e. The van der Waals surface area contributed by atoms with E-state index in [1.807, 2.05) is 0 Å². The molecule has 1 unspecified atom stereocenters. The third kappa shape index (κ3) is 6.99. The summed E-state index contributed by atoms with van der Waals surface area (Å²) in [7, 11) is 0. The van der Waals surface area contributed by atoms with Gasteiger partial charge in [-0.25, -0.2) is 0 Å². The van der Waals surface area contributed by atoms with Gasteiger partial charge in [-0.05, 0) is 0 Å². The Morgan fingerprint density at radius 2 is 1.88 bits per heavy atom. The van der Waals surface area contributed by atoms with Crippen LogP contribution in [0.1, 0.15) is 27.7 Å². The van der Waals surface area contributed by atoms with Crippen LogP contribution in [0.5, 0.6) is 0 Å². The molecule has 1 aliphatic heterocycles. The first kappa shape index (κ1) is 14.9. The summed E-state index contributed by atoms with van der Waals surface area (Å²) in [6.07, 6.45) is 0.352. The van der Waals surface area contributed by atoms with E-state index in [1.165, 1.54) is 0 Å². The zero-order chi connectivity index (χ0) is 12.7. The molecule has 17 heavy (non-hydrogen) atoms. The minimum absolute atomic E-state index is 0.352. The number of rotatable bonds is 7. The number of morpholine rings is 1. The summed E-state index contributed by atoms with van der Waals surface area (Å²) in [6.45, 7) is 14.9. The molecule has 4 nitrogen and oxygen atoms in total. The van der Waals surface area contributed by atoms with E-state index in [0.717, 1.165) is 39.3 Å². The highest BCUT2D eigenvalue weighted by Gasteiger charge is 2.19. The second-order valence-electron chi connectivity index (χ2n) is 5.47. The largest absolute Gasteiger partial charge is 0.374 e. The van der Waals surface area contributed by atoms with Crippen LogP contribution < -0.4 is 10.6 Å². The summed E-state index contributed by atoms with van der Waals surface area (Å²) >= 11 is 0. The van der Waals surface area contributed by atoms with Gasteiger partial charge in [0.1, 0.15) is 0 Å². The van der Waals surface area contributed by atoms with Crippen molar-refractivity contribution in [2.75, 3.05) is 39.3 Å². The molecule has 0 saturated carbocycles. The van der Waals surface area contributed by atoms with Gasteiger partial charge in [-0.3, -0.25) is 4.90 Å². The Kier molecular flexibility index (Phi) is 7.04. The van der Waals surface area contributed by atoms with E-state index in [1.54, 1.807) is 0 Å². The van der Waals surface area contributed by atoms with Gasteiger partial charge in [0, 0.05) is 44.8 Å². The quantitative estimate of drug-likeness (QED) is 0.689. The van der Waals surface area contributed by atoms with Gasteiger partial charge in [0.05, 0.1) is 12.7 Å². The van der Waals surface area contributed by atoms with E-state index < -0.39 is 0 Å². The first-order valence-electron chi connectivity index (χ1n) is 6.88. The summed E-state index contributed by atoms with van der Waals surface area (Å²) in [5.74, 6) is 0. The van der Waals surface area contributed by atoms with Gasteiger partial charge in [0.2, 0.25) is 0 Å².